The third-order valence-electron chi connectivity index (χ3n) is 2.85. The van der Waals surface area contributed by atoms with Gasteiger partial charge in [0.2, 0.25) is 0 Å². The monoisotopic (exact) mass is 302 g/mol. The van der Waals surface area contributed by atoms with Gasteiger partial charge in [-0.25, -0.2) is 0 Å². The van der Waals surface area contributed by atoms with E-state index in [9.17, 15) is 0 Å². The number of hydrogen-bond acceptors (Lipinski definition) is 1. The molecule has 0 aliphatic carbocycles. The van der Waals surface area contributed by atoms with Crippen molar-refractivity contribution in [2.45, 2.75) is 6.92 Å². The zero-order chi connectivity index (χ0) is 11.8. The molecule has 0 saturated carbocycles. The lowest BCUT2D eigenvalue weighted by molar-refractivity contribution is 1.48. The minimum absolute atomic E-state index is 1.21. The maximum atomic E-state index is 3.72. The average Bonchev–Trinajstić information content (AvgIpc) is 2.69. The Kier molecular flexibility index (Phi) is 2.77. The van der Waals surface area contributed by atoms with Gasteiger partial charge in [-0.2, -0.15) is 0 Å². The van der Waals surface area contributed by atoms with Crippen molar-refractivity contribution in [1.82, 2.24) is 0 Å². The van der Waals surface area contributed by atoms with Crippen LogP contribution in [0.4, 0.5) is 0 Å². The molecular weight excluding hydrogens is 292 g/mol. The molecule has 0 radical (unpaired) electrons. The number of thiophene rings is 1. The minimum atomic E-state index is 1.21. The van der Waals surface area contributed by atoms with E-state index in [0.717, 1.165) is 0 Å². The molecule has 2 aromatic carbocycles. The van der Waals surface area contributed by atoms with Crippen molar-refractivity contribution in [2.75, 3.05) is 0 Å². The molecule has 84 valence electrons. The van der Waals surface area contributed by atoms with Gasteiger partial charge < -0.3 is 0 Å². The van der Waals surface area contributed by atoms with E-state index in [1.54, 1.807) is 0 Å². The van der Waals surface area contributed by atoms with Crippen molar-refractivity contribution in [3.05, 3.63) is 58.6 Å². The second kappa shape index (κ2) is 4.28. The maximum absolute atomic E-state index is 3.72. The molecule has 0 fully saturated rings. The van der Waals surface area contributed by atoms with E-state index >= 15 is 0 Å². The normalized spacial score (nSPS) is 10.9. The van der Waals surface area contributed by atoms with E-state index in [4.69, 9.17) is 0 Å². The van der Waals surface area contributed by atoms with Gasteiger partial charge in [-0.05, 0) is 34.5 Å². The van der Waals surface area contributed by atoms with Gasteiger partial charge in [0.15, 0.2) is 0 Å². The SMILES string of the molecule is Cc1ccc(-c2sc3ccccc3c2Br)cc1. The van der Waals surface area contributed by atoms with Gasteiger partial charge in [-0.3, -0.25) is 0 Å². The summed E-state index contributed by atoms with van der Waals surface area (Å²) in [5.41, 5.74) is 2.58. The van der Waals surface area contributed by atoms with Crippen LogP contribution in [0, 0.1) is 6.92 Å². The van der Waals surface area contributed by atoms with Crippen molar-refractivity contribution in [2.24, 2.45) is 0 Å². The van der Waals surface area contributed by atoms with Gasteiger partial charge in [-0.15, -0.1) is 11.3 Å². The largest absolute Gasteiger partial charge is 0.134 e. The predicted octanol–water partition coefficient (Wildman–Crippen LogP) is 5.64. The van der Waals surface area contributed by atoms with Crippen molar-refractivity contribution >= 4 is 37.4 Å². The van der Waals surface area contributed by atoms with Crippen LogP contribution in [0.5, 0.6) is 0 Å². The molecule has 1 aromatic heterocycles. The maximum Gasteiger partial charge on any atom is 0.0497 e. The van der Waals surface area contributed by atoms with Crippen molar-refractivity contribution < 1.29 is 0 Å². The highest BCUT2D eigenvalue weighted by molar-refractivity contribution is 9.10. The average molecular weight is 303 g/mol. The number of rotatable bonds is 1. The molecule has 0 aliphatic rings. The second-order valence-corrected chi connectivity index (χ2v) is 5.95. The highest BCUT2D eigenvalue weighted by atomic mass is 79.9. The van der Waals surface area contributed by atoms with Crippen LogP contribution in [-0.2, 0) is 0 Å². The highest BCUT2D eigenvalue weighted by Gasteiger charge is 2.10. The first-order chi connectivity index (χ1) is 8.25. The molecule has 3 aromatic rings. The minimum Gasteiger partial charge on any atom is -0.134 e. The van der Waals surface area contributed by atoms with E-state index in [1.165, 1.54) is 30.6 Å². The summed E-state index contributed by atoms with van der Waals surface area (Å²) in [6, 6.07) is 17.2. The molecule has 0 nitrogen and oxygen atoms in total. The molecule has 0 bridgehead atoms. The standard InChI is InChI=1S/C15H11BrS/c1-10-6-8-11(9-7-10)15-14(16)12-4-2-3-5-13(12)17-15/h2-9H,1H3. The summed E-state index contributed by atoms with van der Waals surface area (Å²) in [5, 5.41) is 1.30. The Labute approximate surface area is 113 Å². The van der Waals surface area contributed by atoms with E-state index in [-0.39, 0.29) is 0 Å². The van der Waals surface area contributed by atoms with Gasteiger partial charge in [0.25, 0.3) is 0 Å². The Hall–Kier alpha value is -1.12. The quantitative estimate of drug-likeness (QED) is 0.546. The molecule has 17 heavy (non-hydrogen) atoms. The zero-order valence-corrected chi connectivity index (χ0v) is 11.8. The molecule has 2 heteroatoms. The lowest BCUT2D eigenvalue weighted by Crippen LogP contribution is -1.74. The molecule has 1 heterocycles. The van der Waals surface area contributed by atoms with Crippen LogP contribution in [0.1, 0.15) is 5.56 Å². The Balaban J connectivity index is 2.24. The van der Waals surface area contributed by atoms with Gasteiger partial charge in [0.1, 0.15) is 0 Å². The van der Waals surface area contributed by atoms with Gasteiger partial charge in [0.05, 0.1) is 0 Å². The lowest BCUT2D eigenvalue weighted by atomic mass is 10.1. The van der Waals surface area contributed by atoms with Crippen molar-refractivity contribution in [3.8, 4) is 10.4 Å². The predicted molar refractivity (Wildman–Crippen MR) is 79.7 cm³/mol. The number of halogens is 1. The molecule has 0 amide bonds. The van der Waals surface area contributed by atoms with Crippen molar-refractivity contribution in [3.63, 3.8) is 0 Å². The number of benzene rings is 2. The Morgan fingerprint density at radius 3 is 2.35 bits per heavy atom. The first kappa shape index (κ1) is 11.0. The van der Waals surface area contributed by atoms with Crippen LogP contribution in [0.15, 0.2) is 53.0 Å². The third kappa shape index (κ3) is 1.92. The van der Waals surface area contributed by atoms with E-state index in [2.05, 4.69) is 71.4 Å². The first-order valence-electron chi connectivity index (χ1n) is 5.50. The van der Waals surface area contributed by atoms with Crippen LogP contribution >= 0.6 is 27.3 Å². The fourth-order valence-corrected chi connectivity index (χ4v) is 3.95. The molecule has 0 N–H and O–H groups in total. The molecule has 0 spiro atoms. The summed E-state index contributed by atoms with van der Waals surface area (Å²) in [6.07, 6.45) is 0. The molecule has 3 rings (SSSR count). The molecule has 0 aliphatic heterocycles. The number of aryl methyl sites for hydroxylation is 1. The molecule has 0 atom stereocenters. The van der Waals surface area contributed by atoms with Gasteiger partial charge in [0, 0.05) is 19.4 Å². The van der Waals surface area contributed by atoms with E-state index < -0.39 is 0 Å². The summed E-state index contributed by atoms with van der Waals surface area (Å²) in [5.74, 6) is 0. The Bertz CT molecular complexity index is 665. The molecule has 0 unspecified atom stereocenters. The number of fused-ring (bicyclic) bond motifs is 1. The fraction of sp³-hybridized carbons (Fsp3) is 0.0667. The van der Waals surface area contributed by atoms with Crippen LogP contribution in [0.3, 0.4) is 0 Å². The zero-order valence-electron chi connectivity index (χ0n) is 9.41. The highest BCUT2D eigenvalue weighted by Crippen LogP contribution is 2.41. The Morgan fingerprint density at radius 2 is 1.65 bits per heavy atom. The third-order valence-corrected chi connectivity index (χ3v) is 5.15. The van der Waals surface area contributed by atoms with Crippen LogP contribution in [-0.4, -0.2) is 0 Å². The van der Waals surface area contributed by atoms with Crippen LogP contribution in [0.25, 0.3) is 20.5 Å². The van der Waals surface area contributed by atoms with Crippen molar-refractivity contribution in [1.29, 1.82) is 0 Å². The van der Waals surface area contributed by atoms with Gasteiger partial charge in [-0.1, -0.05) is 48.0 Å². The lowest BCUT2D eigenvalue weighted by Gasteiger charge is -1.99. The van der Waals surface area contributed by atoms with Gasteiger partial charge >= 0.3 is 0 Å². The second-order valence-electron chi connectivity index (χ2n) is 4.11. The topological polar surface area (TPSA) is 0 Å². The van der Waals surface area contributed by atoms with E-state index in [0.29, 0.717) is 0 Å². The summed E-state index contributed by atoms with van der Waals surface area (Å²) in [4.78, 5) is 1.31. The molecular formula is C15H11BrS. The van der Waals surface area contributed by atoms with Crippen LogP contribution < -0.4 is 0 Å². The smallest absolute Gasteiger partial charge is 0.0497 e. The Morgan fingerprint density at radius 1 is 0.941 bits per heavy atom. The summed E-state index contributed by atoms with van der Waals surface area (Å²) >= 11 is 5.55. The van der Waals surface area contributed by atoms with Crippen LogP contribution in [0.2, 0.25) is 0 Å². The van der Waals surface area contributed by atoms with E-state index in [1.807, 2.05) is 11.3 Å². The number of hydrogen-bond donors (Lipinski definition) is 0. The molecule has 0 saturated heterocycles. The fourth-order valence-electron chi connectivity index (χ4n) is 1.90. The summed E-state index contributed by atoms with van der Waals surface area (Å²) < 4.78 is 2.54. The summed E-state index contributed by atoms with van der Waals surface area (Å²) in [7, 11) is 0. The first-order valence-corrected chi connectivity index (χ1v) is 7.11. The summed E-state index contributed by atoms with van der Waals surface area (Å²) in [6.45, 7) is 2.11.